The largest absolute Gasteiger partial charge is 0.462 e. The van der Waals surface area contributed by atoms with E-state index in [0.29, 0.717) is 28.6 Å². The van der Waals surface area contributed by atoms with Gasteiger partial charge < -0.3 is 4.74 Å². The van der Waals surface area contributed by atoms with Gasteiger partial charge in [0.25, 0.3) is 0 Å². The highest BCUT2D eigenvalue weighted by Gasteiger charge is 2.14. The number of hydrogen-bond acceptors (Lipinski definition) is 3. The summed E-state index contributed by atoms with van der Waals surface area (Å²) in [5.74, 6) is -0.968. The van der Waals surface area contributed by atoms with E-state index in [2.05, 4.69) is 4.98 Å². The minimum Gasteiger partial charge on any atom is -0.462 e. The molecule has 0 aliphatic rings. The van der Waals surface area contributed by atoms with Gasteiger partial charge in [-0.3, -0.25) is 4.98 Å². The molecule has 0 fully saturated rings. The summed E-state index contributed by atoms with van der Waals surface area (Å²) in [7, 11) is 0. The van der Waals surface area contributed by atoms with Gasteiger partial charge in [-0.2, -0.15) is 0 Å². The number of aromatic nitrogens is 1. The molecule has 1 aromatic carbocycles. The fourth-order valence-corrected chi connectivity index (χ4v) is 1.90. The second kappa shape index (κ2) is 4.90. The molecule has 94 valence electrons. The molecule has 3 nitrogen and oxygen atoms in total. The molecule has 0 spiro atoms. The zero-order chi connectivity index (χ0) is 13.3. The van der Waals surface area contributed by atoms with Crippen LogP contribution in [0.25, 0.3) is 10.9 Å². The molecular weight excluding hydrogens is 257 g/mol. The van der Waals surface area contributed by atoms with Crippen LogP contribution in [0.2, 0.25) is 5.02 Å². The van der Waals surface area contributed by atoms with Crippen LogP contribution in [0, 0.1) is 12.7 Å². The smallest absolute Gasteiger partial charge is 0.339 e. The van der Waals surface area contributed by atoms with Crippen LogP contribution in [0.5, 0.6) is 0 Å². The number of esters is 1. The monoisotopic (exact) mass is 267 g/mol. The van der Waals surface area contributed by atoms with Crippen LogP contribution in [-0.2, 0) is 4.74 Å². The summed E-state index contributed by atoms with van der Waals surface area (Å²) in [4.78, 5) is 15.7. The van der Waals surface area contributed by atoms with Gasteiger partial charge >= 0.3 is 5.97 Å². The summed E-state index contributed by atoms with van der Waals surface area (Å²) in [6, 6.07) is 2.72. The van der Waals surface area contributed by atoms with Crippen molar-refractivity contribution in [3.8, 4) is 0 Å². The van der Waals surface area contributed by atoms with Crippen molar-refractivity contribution in [2.45, 2.75) is 13.8 Å². The Morgan fingerprint density at radius 3 is 2.89 bits per heavy atom. The standard InChI is InChI=1S/C13H11ClFNO2/c1-3-18-13(17)9-6-16-12-5-11(15)10(14)4-8(12)7(9)2/h4-6H,3H2,1-2H3. The summed E-state index contributed by atoms with van der Waals surface area (Å²) in [6.45, 7) is 3.78. The second-order valence-corrected chi connectivity index (χ2v) is 4.21. The molecule has 2 rings (SSSR count). The summed E-state index contributed by atoms with van der Waals surface area (Å²) in [5.41, 5.74) is 1.51. The number of benzene rings is 1. The molecule has 1 aromatic heterocycles. The predicted octanol–water partition coefficient (Wildman–Crippen LogP) is 3.51. The van der Waals surface area contributed by atoms with E-state index in [-0.39, 0.29) is 5.02 Å². The third kappa shape index (κ3) is 2.16. The Labute approximate surface area is 109 Å². The van der Waals surface area contributed by atoms with E-state index in [9.17, 15) is 9.18 Å². The van der Waals surface area contributed by atoms with Crippen LogP contribution in [0.15, 0.2) is 18.3 Å². The van der Waals surface area contributed by atoms with Gasteiger partial charge in [0.2, 0.25) is 0 Å². The van der Waals surface area contributed by atoms with Crippen molar-refractivity contribution in [1.82, 2.24) is 4.98 Å². The van der Waals surface area contributed by atoms with Gasteiger partial charge in [-0.1, -0.05) is 11.6 Å². The number of fused-ring (bicyclic) bond motifs is 1. The molecule has 0 bridgehead atoms. The van der Waals surface area contributed by atoms with Crippen LogP contribution < -0.4 is 0 Å². The lowest BCUT2D eigenvalue weighted by molar-refractivity contribution is 0.0525. The zero-order valence-electron chi connectivity index (χ0n) is 9.96. The van der Waals surface area contributed by atoms with Gasteiger partial charge in [-0.15, -0.1) is 0 Å². The lowest BCUT2D eigenvalue weighted by Gasteiger charge is -2.08. The van der Waals surface area contributed by atoms with Gasteiger partial charge in [0, 0.05) is 17.6 Å². The molecule has 2 aromatic rings. The number of pyridine rings is 1. The van der Waals surface area contributed by atoms with Crippen LogP contribution in [0.4, 0.5) is 4.39 Å². The van der Waals surface area contributed by atoms with Crippen molar-refractivity contribution >= 4 is 28.5 Å². The highest BCUT2D eigenvalue weighted by molar-refractivity contribution is 6.31. The Morgan fingerprint density at radius 2 is 2.22 bits per heavy atom. The summed E-state index contributed by atoms with van der Waals surface area (Å²) < 4.78 is 18.2. The third-order valence-corrected chi connectivity index (χ3v) is 2.96. The van der Waals surface area contributed by atoms with Crippen molar-refractivity contribution in [3.05, 3.63) is 40.3 Å². The number of halogens is 2. The molecule has 0 aliphatic heterocycles. The number of hydrogen-bond donors (Lipinski definition) is 0. The minimum atomic E-state index is -0.528. The first-order valence-electron chi connectivity index (χ1n) is 5.46. The number of rotatable bonds is 2. The topological polar surface area (TPSA) is 39.2 Å². The van der Waals surface area contributed by atoms with Crippen molar-refractivity contribution in [2.75, 3.05) is 6.61 Å². The number of ether oxygens (including phenoxy) is 1. The summed E-state index contributed by atoms with van der Waals surface area (Å²) in [5, 5.41) is 0.653. The van der Waals surface area contributed by atoms with Gasteiger partial charge in [0.15, 0.2) is 0 Å². The molecule has 1 heterocycles. The second-order valence-electron chi connectivity index (χ2n) is 3.80. The first-order chi connectivity index (χ1) is 8.54. The van der Waals surface area contributed by atoms with E-state index in [0.717, 1.165) is 0 Å². The summed E-state index contributed by atoms with van der Waals surface area (Å²) in [6.07, 6.45) is 1.39. The van der Waals surface area contributed by atoms with Crippen LogP contribution >= 0.6 is 11.6 Å². The molecular formula is C13H11ClFNO2. The molecule has 5 heteroatoms. The average Bonchev–Trinajstić information content (AvgIpc) is 2.32. The Hall–Kier alpha value is -1.68. The van der Waals surface area contributed by atoms with Crippen molar-refractivity contribution in [2.24, 2.45) is 0 Å². The van der Waals surface area contributed by atoms with Crippen LogP contribution in [-0.4, -0.2) is 17.6 Å². The maximum atomic E-state index is 13.3. The maximum absolute atomic E-state index is 13.3. The Bertz CT molecular complexity index is 628. The number of nitrogens with zero attached hydrogens (tertiary/aromatic N) is 1. The average molecular weight is 268 g/mol. The fourth-order valence-electron chi connectivity index (χ4n) is 1.73. The molecule has 0 atom stereocenters. The molecule has 0 radical (unpaired) electrons. The van der Waals surface area contributed by atoms with E-state index in [1.807, 2.05) is 0 Å². The first kappa shape index (κ1) is 12.8. The highest BCUT2D eigenvalue weighted by atomic mass is 35.5. The van der Waals surface area contributed by atoms with Gasteiger partial charge in [0.1, 0.15) is 5.82 Å². The maximum Gasteiger partial charge on any atom is 0.339 e. The lowest BCUT2D eigenvalue weighted by atomic mass is 10.1. The van der Waals surface area contributed by atoms with Gasteiger partial charge in [0.05, 0.1) is 22.7 Å². The van der Waals surface area contributed by atoms with Crippen LogP contribution in [0.3, 0.4) is 0 Å². The quantitative estimate of drug-likeness (QED) is 0.782. The van der Waals surface area contributed by atoms with E-state index in [4.69, 9.17) is 16.3 Å². The van der Waals surface area contributed by atoms with E-state index in [1.54, 1.807) is 13.8 Å². The lowest BCUT2D eigenvalue weighted by Crippen LogP contribution is -2.07. The van der Waals surface area contributed by atoms with E-state index in [1.165, 1.54) is 18.3 Å². The van der Waals surface area contributed by atoms with Gasteiger partial charge in [-0.05, 0) is 25.5 Å². The molecule has 0 N–H and O–H groups in total. The first-order valence-corrected chi connectivity index (χ1v) is 5.84. The number of carbonyl (C=O) groups is 1. The third-order valence-electron chi connectivity index (χ3n) is 2.67. The van der Waals surface area contributed by atoms with E-state index >= 15 is 0 Å². The molecule has 0 aliphatic carbocycles. The Kier molecular flexibility index (Phi) is 3.48. The molecule has 0 amide bonds. The van der Waals surface area contributed by atoms with E-state index < -0.39 is 11.8 Å². The van der Waals surface area contributed by atoms with Gasteiger partial charge in [-0.25, -0.2) is 9.18 Å². The van der Waals surface area contributed by atoms with Crippen molar-refractivity contribution in [1.29, 1.82) is 0 Å². The normalized spacial score (nSPS) is 10.7. The van der Waals surface area contributed by atoms with Crippen molar-refractivity contribution in [3.63, 3.8) is 0 Å². The molecule has 18 heavy (non-hydrogen) atoms. The number of aryl methyl sites for hydroxylation is 1. The molecule has 0 unspecified atom stereocenters. The Morgan fingerprint density at radius 1 is 1.50 bits per heavy atom. The zero-order valence-corrected chi connectivity index (χ0v) is 10.7. The molecule has 0 saturated heterocycles. The number of carbonyl (C=O) groups excluding carboxylic acids is 1. The SMILES string of the molecule is CCOC(=O)c1cnc2cc(F)c(Cl)cc2c1C. The summed E-state index contributed by atoms with van der Waals surface area (Å²) >= 11 is 5.73. The highest BCUT2D eigenvalue weighted by Crippen LogP contribution is 2.26. The predicted molar refractivity (Wildman–Crippen MR) is 67.4 cm³/mol. The molecule has 0 saturated carbocycles. The minimum absolute atomic E-state index is 0.00779. The van der Waals surface area contributed by atoms with Crippen LogP contribution in [0.1, 0.15) is 22.8 Å². The van der Waals surface area contributed by atoms with Crippen molar-refractivity contribution < 1.29 is 13.9 Å². The Balaban J connectivity index is 2.63. The fraction of sp³-hybridized carbons (Fsp3) is 0.231.